The van der Waals surface area contributed by atoms with Gasteiger partial charge in [0.15, 0.2) is 0 Å². The van der Waals surface area contributed by atoms with Crippen LogP contribution in [-0.2, 0) is 16.1 Å². The Morgan fingerprint density at radius 1 is 0.969 bits per heavy atom. The molecule has 6 heteroatoms. The molecule has 0 aliphatic carbocycles. The van der Waals surface area contributed by atoms with Crippen molar-refractivity contribution in [2.45, 2.75) is 25.4 Å². The Kier molecular flexibility index (Phi) is 7.55. The van der Waals surface area contributed by atoms with Gasteiger partial charge in [0.25, 0.3) is 0 Å². The van der Waals surface area contributed by atoms with Crippen LogP contribution >= 0.6 is 0 Å². The lowest BCUT2D eigenvalue weighted by Gasteiger charge is -2.41. The molecule has 2 unspecified atom stereocenters. The zero-order valence-corrected chi connectivity index (χ0v) is 19.0. The van der Waals surface area contributed by atoms with Crippen molar-refractivity contribution >= 4 is 11.8 Å². The number of benzene rings is 2. The maximum Gasteiger partial charge on any atom is 0.225 e. The van der Waals surface area contributed by atoms with E-state index in [4.69, 9.17) is 0 Å². The molecule has 2 aromatic rings. The van der Waals surface area contributed by atoms with E-state index in [0.29, 0.717) is 25.9 Å². The van der Waals surface area contributed by atoms with Crippen molar-refractivity contribution in [3.63, 3.8) is 0 Å². The fourth-order valence-electron chi connectivity index (χ4n) is 4.80. The van der Waals surface area contributed by atoms with Crippen LogP contribution in [0.15, 0.2) is 60.7 Å². The molecular formula is C26H34N4O2. The van der Waals surface area contributed by atoms with Crippen LogP contribution < -0.4 is 5.32 Å². The van der Waals surface area contributed by atoms with Gasteiger partial charge in [0.05, 0.1) is 12.0 Å². The molecule has 0 radical (unpaired) electrons. The van der Waals surface area contributed by atoms with Gasteiger partial charge in [-0.25, -0.2) is 0 Å². The molecule has 2 aliphatic heterocycles. The standard InChI is InChI=1S/C26H34N4O2/c1-28-16-18-29(19-17-28)15-14-27-26(32)23-12-13-24(31)30(20-21-8-4-2-5-9-21)25(23)22-10-6-3-7-11-22/h2-11,23,25H,12-20H2,1H3,(H,27,32). The van der Waals surface area contributed by atoms with Crippen molar-refractivity contribution in [1.29, 1.82) is 0 Å². The van der Waals surface area contributed by atoms with Crippen LogP contribution in [0, 0.1) is 5.92 Å². The lowest BCUT2D eigenvalue weighted by molar-refractivity contribution is -0.144. The minimum Gasteiger partial charge on any atom is -0.354 e. The highest BCUT2D eigenvalue weighted by Crippen LogP contribution is 2.37. The number of hydrogen-bond acceptors (Lipinski definition) is 4. The summed E-state index contributed by atoms with van der Waals surface area (Å²) in [5.74, 6) is -0.0750. The van der Waals surface area contributed by atoms with Gasteiger partial charge in [-0.2, -0.15) is 0 Å². The van der Waals surface area contributed by atoms with E-state index in [2.05, 4.69) is 22.2 Å². The van der Waals surface area contributed by atoms with Crippen molar-refractivity contribution in [3.8, 4) is 0 Å². The third-order valence-corrected chi connectivity index (χ3v) is 6.70. The molecule has 32 heavy (non-hydrogen) atoms. The monoisotopic (exact) mass is 434 g/mol. The Balaban J connectivity index is 1.46. The van der Waals surface area contributed by atoms with Crippen molar-refractivity contribution < 1.29 is 9.59 Å². The van der Waals surface area contributed by atoms with Gasteiger partial charge < -0.3 is 15.1 Å². The minimum atomic E-state index is -0.249. The highest BCUT2D eigenvalue weighted by Gasteiger charge is 2.40. The first kappa shape index (κ1) is 22.5. The molecule has 2 aliphatic rings. The molecule has 2 saturated heterocycles. The zero-order chi connectivity index (χ0) is 22.3. The van der Waals surface area contributed by atoms with Gasteiger partial charge in [-0.1, -0.05) is 60.7 Å². The number of likely N-dealkylation sites (tertiary alicyclic amines) is 1. The number of rotatable bonds is 7. The van der Waals surface area contributed by atoms with Gasteiger partial charge in [0, 0.05) is 52.2 Å². The van der Waals surface area contributed by atoms with E-state index in [9.17, 15) is 9.59 Å². The second-order valence-electron chi connectivity index (χ2n) is 8.94. The van der Waals surface area contributed by atoms with E-state index >= 15 is 0 Å². The minimum absolute atomic E-state index is 0.0542. The molecule has 2 aromatic carbocycles. The summed E-state index contributed by atoms with van der Waals surface area (Å²) in [6.45, 7) is 6.27. The number of amides is 2. The topological polar surface area (TPSA) is 55.9 Å². The van der Waals surface area contributed by atoms with E-state index in [1.54, 1.807) is 0 Å². The molecule has 4 rings (SSSR count). The largest absolute Gasteiger partial charge is 0.354 e. The van der Waals surface area contributed by atoms with Gasteiger partial charge in [0.2, 0.25) is 11.8 Å². The van der Waals surface area contributed by atoms with E-state index in [-0.39, 0.29) is 23.8 Å². The summed E-state index contributed by atoms with van der Waals surface area (Å²) in [5, 5.41) is 3.18. The first-order valence-corrected chi connectivity index (χ1v) is 11.7. The van der Waals surface area contributed by atoms with Crippen LogP contribution in [0.4, 0.5) is 0 Å². The van der Waals surface area contributed by atoms with Crippen molar-refractivity contribution in [2.75, 3.05) is 46.3 Å². The van der Waals surface area contributed by atoms with Crippen molar-refractivity contribution in [3.05, 3.63) is 71.8 Å². The number of hydrogen-bond donors (Lipinski definition) is 1. The van der Waals surface area contributed by atoms with Crippen molar-refractivity contribution in [1.82, 2.24) is 20.0 Å². The zero-order valence-electron chi connectivity index (χ0n) is 19.0. The molecule has 0 spiro atoms. The Labute approximate surface area is 191 Å². The summed E-state index contributed by atoms with van der Waals surface area (Å²) >= 11 is 0. The smallest absolute Gasteiger partial charge is 0.225 e. The van der Waals surface area contributed by atoms with E-state index in [0.717, 1.165) is 43.9 Å². The molecule has 0 bridgehead atoms. The highest BCUT2D eigenvalue weighted by atomic mass is 16.2. The molecule has 2 heterocycles. The summed E-state index contributed by atoms with van der Waals surface area (Å²) in [6.07, 6.45) is 0.997. The fraction of sp³-hybridized carbons (Fsp3) is 0.462. The third kappa shape index (κ3) is 5.56. The molecule has 2 fully saturated rings. The van der Waals surface area contributed by atoms with Gasteiger partial charge in [0.1, 0.15) is 0 Å². The summed E-state index contributed by atoms with van der Waals surface area (Å²) in [7, 11) is 2.15. The molecule has 0 saturated carbocycles. The van der Waals surface area contributed by atoms with Crippen LogP contribution in [0.5, 0.6) is 0 Å². The molecule has 2 amide bonds. The summed E-state index contributed by atoms with van der Waals surface area (Å²) < 4.78 is 0. The molecular weight excluding hydrogens is 400 g/mol. The van der Waals surface area contributed by atoms with E-state index in [1.807, 2.05) is 65.6 Å². The predicted octanol–water partition coefficient (Wildman–Crippen LogP) is 2.53. The Morgan fingerprint density at radius 3 is 2.31 bits per heavy atom. The Bertz CT molecular complexity index is 881. The van der Waals surface area contributed by atoms with Crippen LogP contribution in [0.2, 0.25) is 0 Å². The van der Waals surface area contributed by atoms with Gasteiger partial charge in [-0.05, 0) is 24.6 Å². The molecule has 1 N–H and O–H groups in total. The number of carbonyl (C=O) groups excluding carboxylic acids is 2. The quantitative estimate of drug-likeness (QED) is 0.728. The number of nitrogens with zero attached hydrogens (tertiary/aromatic N) is 3. The third-order valence-electron chi connectivity index (χ3n) is 6.70. The normalized spacial score (nSPS) is 22.7. The van der Waals surface area contributed by atoms with E-state index < -0.39 is 0 Å². The van der Waals surface area contributed by atoms with Gasteiger partial charge in [-0.15, -0.1) is 0 Å². The molecule has 2 atom stereocenters. The van der Waals surface area contributed by atoms with E-state index in [1.165, 1.54) is 0 Å². The van der Waals surface area contributed by atoms with Crippen LogP contribution in [-0.4, -0.2) is 72.8 Å². The average molecular weight is 435 g/mol. The summed E-state index contributed by atoms with van der Waals surface area (Å²) in [5.41, 5.74) is 2.11. The maximum absolute atomic E-state index is 13.3. The number of likely N-dealkylation sites (N-methyl/N-ethyl adjacent to an activating group) is 1. The summed E-state index contributed by atoms with van der Waals surface area (Å²) in [6, 6.07) is 19.8. The van der Waals surface area contributed by atoms with Gasteiger partial charge >= 0.3 is 0 Å². The molecule has 0 aromatic heterocycles. The number of carbonyl (C=O) groups is 2. The number of piperidine rings is 1. The first-order chi connectivity index (χ1) is 15.6. The number of piperazine rings is 1. The predicted molar refractivity (Wildman–Crippen MR) is 126 cm³/mol. The maximum atomic E-state index is 13.3. The molecule has 6 nitrogen and oxygen atoms in total. The van der Waals surface area contributed by atoms with Gasteiger partial charge in [-0.3, -0.25) is 14.5 Å². The lowest BCUT2D eigenvalue weighted by atomic mass is 9.83. The fourth-order valence-corrected chi connectivity index (χ4v) is 4.80. The number of nitrogens with one attached hydrogen (secondary N) is 1. The Hall–Kier alpha value is -2.70. The lowest BCUT2D eigenvalue weighted by Crippen LogP contribution is -2.50. The van der Waals surface area contributed by atoms with Crippen LogP contribution in [0.3, 0.4) is 0 Å². The summed E-state index contributed by atoms with van der Waals surface area (Å²) in [4.78, 5) is 32.9. The second kappa shape index (κ2) is 10.7. The first-order valence-electron chi connectivity index (χ1n) is 11.7. The van der Waals surface area contributed by atoms with Crippen LogP contribution in [0.1, 0.15) is 30.0 Å². The SMILES string of the molecule is CN1CCN(CCNC(=O)C2CCC(=O)N(Cc3ccccc3)C2c2ccccc2)CC1. The molecule has 170 valence electrons. The highest BCUT2D eigenvalue weighted by molar-refractivity contribution is 5.85. The second-order valence-corrected chi connectivity index (χ2v) is 8.94. The average Bonchev–Trinajstić information content (AvgIpc) is 2.82. The van der Waals surface area contributed by atoms with Crippen LogP contribution in [0.25, 0.3) is 0 Å². The van der Waals surface area contributed by atoms with Crippen molar-refractivity contribution in [2.24, 2.45) is 5.92 Å². The Morgan fingerprint density at radius 2 is 1.62 bits per heavy atom.